The summed E-state index contributed by atoms with van der Waals surface area (Å²) in [7, 11) is -3.53. The molecule has 1 aromatic rings. The van der Waals surface area contributed by atoms with Crippen LogP contribution in [0.5, 0.6) is 0 Å². The van der Waals surface area contributed by atoms with Gasteiger partial charge in [-0.3, -0.25) is 19.4 Å². The van der Waals surface area contributed by atoms with Crippen molar-refractivity contribution in [3.63, 3.8) is 0 Å². The molecule has 27 heavy (non-hydrogen) atoms. The summed E-state index contributed by atoms with van der Waals surface area (Å²) in [6.45, 7) is 3.19. The van der Waals surface area contributed by atoms with Gasteiger partial charge < -0.3 is 0 Å². The Labute approximate surface area is 160 Å². The number of rotatable bonds is 4. The summed E-state index contributed by atoms with van der Waals surface area (Å²) in [5.74, 6) is -0.475. The number of imide groups is 1. The lowest BCUT2D eigenvalue weighted by molar-refractivity contribution is -0.121. The van der Waals surface area contributed by atoms with E-state index >= 15 is 0 Å². The molecule has 0 N–H and O–H groups in total. The van der Waals surface area contributed by atoms with Crippen LogP contribution in [0.2, 0.25) is 0 Å². The van der Waals surface area contributed by atoms with Gasteiger partial charge >= 0.3 is 0 Å². The number of carbonyl (C=O) groups excluding carboxylic acids is 2. The van der Waals surface area contributed by atoms with Crippen LogP contribution in [0.15, 0.2) is 29.2 Å². The molecule has 0 unspecified atom stereocenters. The first kappa shape index (κ1) is 18.6. The number of carbonyl (C=O) groups is 2. The first-order chi connectivity index (χ1) is 13.0. The fourth-order valence-electron chi connectivity index (χ4n) is 4.08. The Morgan fingerprint density at radius 2 is 1.37 bits per heavy atom. The van der Waals surface area contributed by atoms with E-state index in [-0.39, 0.29) is 29.6 Å². The van der Waals surface area contributed by atoms with Gasteiger partial charge in [-0.05, 0) is 50.2 Å². The molecule has 0 aliphatic carbocycles. The molecular formula is C19H25N3O4S. The summed E-state index contributed by atoms with van der Waals surface area (Å²) in [4.78, 5) is 27.4. The second-order valence-electron chi connectivity index (χ2n) is 7.54. The van der Waals surface area contributed by atoms with Gasteiger partial charge in [0.25, 0.3) is 0 Å². The first-order valence-corrected chi connectivity index (χ1v) is 11.1. The van der Waals surface area contributed by atoms with E-state index in [4.69, 9.17) is 0 Å². The molecule has 0 bridgehead atoms. The minimum absolute atomic E-state index is 0.208. The Balaban J connectivity index is 1.42. The van der Waals surface area contributed by atoms with E-state index < -0.39 is 10.0 Å². The lowest BCUT2D eigenvalue weighted by atomic mass is 10.1. The van der Waals surface area contributed by atoms with Crippen LogP contribution in [0.4, 0.5) is 5.69 Å². The van der Waals surface area contributed by atoms with E-state index in [1.807, 2.05) is 0 Å². The average molecular weight is 391 g/mol. The number of anilines is 1. The SMILES string of the molecule is O=C1CCC(=O)N1c1ccc(S(=O)(=O)N2CC(N3CCCCCC3)C2)cc1. The molecular weight excluding hydrogens is 366 g/mol. The zero-order valence-electron chi connectivity index (χ0n) is 15.3. The molecule has 8 heteroatoms. The molecule has 0 atom stereocenters. The summed E-state index contributed by atoms with van der Waals surface area (Å²) in [5.41, 5.74) is 0.438. The number of likely N-dealkylation sites (tertiary alicyclic amines) is 1. The van der Waals surface area contributed by atoms with Crippen molar-refractivity contribution < 1.29 is 18.0 Å². The van der Waals surface area contributed by atoms with Crippen molar-refractivity contribution in [3.05, 3.63) is 24.3 Å². The van der Waals surface area contributed by atoms with Crippen molar-refractivity contribution >= 4 is 27.5 Å². The molecule has 0 radical (unpaired) electrons. The van der Waals surface area contributed by atoms with E-state index in [0.29, 0.717) is 24.8 Å². The lowest BCUT2D eigenvalue weighted by Gasteiger charge is -2.44. The second-order valence-corrected chi connectivity index (χ2v) is 9.48. The Morgan fingerprint density at radius 3 is 1.93 bits per heavy atom. The molecule has 0 aromatic heterocycles. The molecule has 146 valence electrons. The second kappa shape index (κ2) is 7.33. The van der Waals surface area contributed by atoms with Gasteiger partial charge in [0, 0.05) is 32.0 Å². The molecule has 3 fully saturated rings. The molecule has 4 rings (SSSR count). The van der Waals surface area contributed by atoms with Gasteiger partial charge in [-0.25, -0.2) is 8.42 Å². The van der Waals surface area contributed by atoms with Crippen molar-refractivity contribution in [2.75, 3.05) is 31.1 Å². The molecule has 2 amide bonds. The van der Waals surface area contributed by atoms with Crippen LogP contribution in [-0.4, -0.2) is 61.7 Å². The Hall–Kier alpha value is -1.77. The van der Waals surface area contributed by atoms with Gasteiger partial charge in [0.1, 0.15) is 0 Å². The van der Waals surface area contributed by atoms with Crippen LogP contribution in [0, 0.1) is 0 Å². The summed E-state index contributed by atoms with van der Waals surface area (Å²) >= 11 is 0. The third kappa shape index (κ3) is 3.53. The van der Waals surface area contributed by atoms with Gasteiger partial charge in [-0.15, -0.1) is 0 Å². The van der Waals surface area contributed by atoms with E-state index in [1.54, 1.807) is 12.1 Å². The quantitative estimate of drug-likeness (QED) is 0.729. The Morgan fingerprint density at radius 1 is 0.815 bits per heavy atom. The standard InChI is InChI=1S/C19H25N3O4S/c23-18-9-10-19(24)22(18)15-5-7-17(8-6-15)27(25,26)21-13-16(14-21)20-11-3-1-2-4-12-20/h5-8,16H,1-4,9-14H2. The van der Waals surface area contributed by atoms with E-state index in [0.717, 1.165) is 18.0 Å². The monoisotopic (exact) mass is 391 g/mol. The Bertz CT molecular complexity index is 807. The van der Waals surface area contributed by atoms with Gasteiger partial charge in [0.05, 0.1) is 10.6 Å². The van der Waals surface area contributed by atoms with Crippen LogP contribution in [0.25, 0.3) is 0 Å². The zero-order chi connectivity index (χ0) is 19.0. The summed E-state index contributed by atoms with van der Waals surface area (Å²) in [5, 5.41) is 0. The van der Waals surface area contributed by atoms with E-state index in [2.05, 4.69) is 4.90 Å². The minimum Gasteiger partial charge on any atom is -0.298 e. The first-order valence-electron chi connectivity index (χ1n) is 9.67. The molecule has 3 saturated heterocycles. The number of hydrogen-bond donors (Lipinski definition) is 0. The zero-order valence-corrected chi connectivity index (χ0v) is 16.2. The minimum atomic E-state index is -3.53. The molecule has 0 saturated carbocycles. The third-order valence-electron chi connectivity index (χ3n) is 5.77. The van der Waals surface area contributed by atoms with E-state index in [9.17, 15) is 18.0 Å². The van der Waals surface area contributed by atoms with Gasteiger partial charge in [0.15, 0.2) is 0 Å². The normalized spacial score (nSPS) is 23.5. The third-order valence-corrected chi connectivity index (χ3v) is 7.62. The number of benzene rings is 1. The summed E-state index contributed by atoms with van der Waals surface area (Å²) < 4.78 is 27.2. The molecule has 1 aromatic carbocycles. The van der Waals surface area contributed by atoms with Gasteiger partial charge in [-0.2, -0.15) is 4.31 Å². The fraction of sp³-hybridized carbons (Fsp3) is 0.579. The summed E-state index contributed by atoms with van der Waals surface area (Å²) in [6.07, 6.45) is 5.34. The number of sulfonamides is 1. The fourth-order valence-corrected chi connectivity index (χ4v) is 5.60. The van der Waals surface area contributed by atoms with Crippen LogP contribution in [0.3, 0.4) is 0 Å². The molecule has 3 heterocycles. The van der Waals surface area contributed by atoms with Gasteiger partial charge in [-0.1, -0.05) is 12.8 Å². The van der Waals surface area contributed by atoms with Crippen molar-refractivity contribution in [3.8, 4) is 0 Å². The smallest absolute Gasteiger partial charge is 0.243 e. The molecule has 3 aliphatic heterocycles. The van der Waals surface area contributed by atoms with Crippen LogP contribution >= 0.6 is 0 Å². The van der Waals surface area contributed by atoms with Gasteiger partial charge in [0.2, 0.25) is 21.8 Å². The highest BCUT2D eigenvalue weighted by Gasteiger charge is 2.39. The van der Waals surface area contributed by atoms with Crippen molar-refractivity contribution in [1.82, 2.24) is 9.21 Å². The molecule has 0 spiro atoms. The molecule has 3 aliphatic rings. The highest BCUT2D eigenvalue weighted by molar-refractivity contribution is 7.89. The topological polar surface area (TPSA) is 78.0 Å². The van der Waals surface area contributed by atoms with Crippen LogP contribution in [-0.2, 0) is 19.6 Å². The van der Waals surface area contributed by atoms with E-state index in [1.165, 1.54) is 42.1 Å². The lowest BCUT2D eigenvalue weighted by Crippen LogP contribution is -2.61. The average Bonchev–Trinajstić information content (AvgIpc) is 2.80. The maximum atomic E-state index is 12.8. The number of hydrogen-bond acceptors (Lipinski definition) is 5. The van der Waals surface area contributed by atoms with Crippen molar-refractivity contribution in [2.45, 2.75) is 49.5 Å². The van der Waals surface area contributed by atoms with Crippen LogP contribution in [0.1, 0.15) is 38.5 Å². The largest absolute Gasteiger partial charge is 0.298 e. The predicted molar refractivity (Wildman–Crippen MR) is 101 cm³/mol. The maximum Gasteiger partial charge on any atom is 0.243 e. The Kier molecular flexibility index (Phi) is 5.05. The highest BCUT2D eigenvalue weighted by Crippen LogP contribution is 2.28. The predicted octanol–water partition coefficient (Wildman–Crippen LogP) is 1.59. The number of nitrogens with zero attached hydrogens (tertiary/aromatic N) is 3. The molecule has 7 nitrogen and oxygen atoms in total. The van der Waals surface area contributed by atoms with Crippen molar-refractivity contribution in [2.24, 2.45) is 0 Å². The summed E-state index contributed by atoms with van der Waals surface area (Å²) in [6, 6.07) is 6.38. The highest BCUT2D eigenvalue weighted by atomic mass is 32.2. The maximum absolute atomic E-state index is 12.8. The van der Waals surface area contributed by atoms with Crippen molar-refractivity contribution in [1.29, 1.82) is 0 Å². The number of amides is 2. The van der Waals surface area contributed by atoms with Crippen LogP contribution < -0.4 is 4.90 Å².